The Balaban J connectivity index is 4.21. The van der Waals surface area contributed by atoms with Crippen LogP contribution in [0.4, 0.5) is 0 Å². The summed E-state index contributed by atoms with van der Waals surface area (Å²) in [4.78, 5) is 37.6. The van der Waals surface area contributed by atoms with Crippen LogP contribution in [0, 0.1) is 0 Å². The van der Waals surface area contributed by atoms with E-state index in [0.717, 1.165) is 116 Å². The van der Waals surface area contributed by atoms with E-state index in [-0.39, 0.29) is 38.6 Å². The molecular formula is C74H122NO8+. The average molecular weight is 1150 g/mol. The fourth-order valence-electron chi connectivity index (χ4n) is 8.61. The van der Waals surface area contributed by atoms with Gasteiger partial charge in [0.15, 0.2) is 6.10 Å². The van der Waals surface area contributed by atoms with Crippen molar-refractivity contribution >= 4 is 17.9 Å². The smallest absolute Gasteiger partial charge is 0.361 e. The van der Waals surface area contributed by atoms with Crippen molar-refractivity contribution in [2.45, 2.75) is 257 Å². The van der Waals surface area contributed by atoms with Gasteiger partial charge in [0.2, 0.25) is 0 Å². The second kappa shape index (κ2) is 63.2. The molecule has 0 amide bonds. The monoisotopic (exact) mass is 1150 g/mol. The number of aliphatic carboxylic acids is 1. The molecule has 0 rings (SSSR count). The molecule has 0 aromatic heterocycles. The highest BCUT2D eigenvalue weighted by Crippen LogP contribution is 2.16. The number of nitrogens with zero attached hydrogens (tertiary/aromatic N) is 1. The Morgan fingerprint density at radius 1 is 0.361 bits per heavy atom. The van der Waals surface area contributed by atoms with Crippen LogP contribution in [-0.4, -0.2) is 87.4 Å². The lowest BCUT2D eigenvalue weighted by Gasteiger charge is -2.25. The minimum atomic E-state index is -1.53. The molecule has 470 valence electrons. The summed E-state index contributed by atoms with van der Waals surface area (Å²) in [6.45, 7) is 4.60. The molecule has 0 aromatic rings. The third-order valence-electron chi connectivity index (χ3n) is 13.6. The number of carboxylic acid groups (broad SMARTS) is 1. The Morgan fingerprint density at radius 2 is 0.651 bits per heavy atom. The highest BCUT2D eigenvalue weighted by Gasteiger charge is 2.25. The summed E-state index contributed by atoms with van der Waals surface area (Å²) in [5, 5.41) is 9.73. The molecule has 0 aliphatic heterocycles. The number of carbonyl (C=O) groups is 3. The molecule has 0 bridgehead atoms. The van der Waals surface area contributed by atoms with E-state index in [1.165, 1.54) is 96.3 Å². The van der Waals surface area contributed by atoms with E-state index in [1.807, 2.05) is 21.1 Å². The zero-order chi connectivity index (χ0) is 60.5. The van der Waals surface area contributed by atoms with E-state index in [1.54, 1.807) is 0 Å². The number of ether oxygens (including phenoxy) is 4. The number of likely N-dealkylation sites (N-methyl/N-ethyl adjacent to an activating group) is 1. The number of rotatable bonds is 59. The van der Waals surface area contributed by atoms with Gasteiger partial charge in [-0.05, 0) is 116 Å². The van der Waals surface area contributed by atoms with Gasteiger partial charge in [0.05, 0.1) is 34.4 Å². The molecule has 0 fully saturated rings. The van der Waals surface area contributed by atoms with Crippen molar-refractivity contribution in [2.75, 3.05) is 47.5 Å². The lowest BCUT2D eigenvalue weighted by Crippen LogP contribution is -2.40. The van der Waals surface area contributed by atoms with Crippen LogP contribution < -0.4 is 0 Å². The summed E-state index contributed by atoms with van der Waals surface area (Å²) >= 11 is 0. The first-order valence-electron chi connectivity index (χ1n) is 33.0. The Bertz CT molecular complexity index is 1870. The van der Waals surface area contributed by atoms with Gasteiger partial charge in [0.1, 0.15) is 13.2 Å². The Morgan fingerprint density at radius 3 is 0.976 bits per heavy atom. The predicted octanol–water partition coefficient (Wildman–Crippen LogP) is 20.3. The van der Waals surface area contributed by atoms with Gasteiger partial charge < -0.3 is 28.5 Å². The van der Waals surface area contributed by atoms with Gasteiger partial charge in [-0.1, -0.05) is 262 Å². The first-order valence-corrected chi connectivity index (χ1v) is 33.0. The van der Waals surface area contributed by atoms with Gasteiger partial charge in [0, 0.05) is 12.8 Å². The van der Waals surface area contributed by atoms with Gasteiger partial charge in [-0.3, -0.25) is 9.59 Å². The highest BCUT2D eigenvalue weighted by molar-refractivity contribution is 5.71. The number of quaternary nitrogens is 1. The summed E-state index contributed by atoms with van der Waals surface area (Å²) in [6.07, 6.45) is 89.5. The second-order valence-electron chi connectivity index (χ2n) is 22.7. The maximum absolute atomic E-state index is 12.9. The minimum Gasteiger partial charge on any atom is -0.477 e. The van der Waals surface area contributed by atoms with Crippen molar-refractivity contribution in [1.29, 1.82) is 0 Å². The van der Waals surface area contributed by atoms with Gasteiger partial charge in [-0.25, -0.2) is 4.79 Å². The molecular weight excluding hydrogens is 1030 g/mol. The van der Waals surface area contributed by atoms with Crippen molar-refractivity contribution < 1.29 is 42.9 Å². The van der Waals surface area contributed by atoms with Gasteiger partial charge in [-0.15, -0.1) is 0 Å². The van der Waals surface area contributed by atoms with E-state index in [4.69, 9.17) is 18.9 Å². The fourth-order valence-corrected chi connectivity index (χ4v) is 8.61. The Hall–Kier alpha value is -4.83. The summed E-state index contributed by atoms with van der Waals surface area (Å²) in [7, 11) is 5.95. The van der Waals surface area contributed by atoms with Crippen LogP contribution in [-0.2, 0) is 33.3 Å². The second-order valence-corrected chi connectivity index (χ2v) is 22.7. The number of carbonyl (C=O) groups excluding carboxylic acids is 2. The van der Waals surface area contributed by atoms with E-state index in [0.29, 0.717) is 17.4 Å². The molecule has 0 saturated heterocycles. The average Bonchev–Trinajstić information content (AvgIpc) is 3.46. The fraction of sp³-hybridized carbons (Fsp3) is 0.635. The lowest BCUT2D eigenvalue weighted by molar-refractivity contribution is -0.870. The molecule has 2 atom stereocenters. The normalized spacial score (nSPS) is 13.7. The van der Waals surface area contributed by atoms with Gasteiger partial charge in [-0.2, -0.15) is 0 Å². The van der Waals surface area contributed by atoms with Crippen LogP contribution in [0.1, 0.15) is 245 Å². The number of unbranched alkanes of at least 4 members (excludes halogenated alkanes) is 20. The lowest BCUT2D eigenvalue weighted by atomic mass is 10.0. The maximum Gasteiger partial charge on any atom is 0.361 e. The van der Waals surface area contributed by atoms with E-state index in [2.05, 4.69) is 160 Å². The van der Waals surface area contributed by atoms with Crippen LogP contribution in [0.5, 0.6) is 0 Å². The molecule has 0 spiro atoms. The van der Waals surface area contributed by atoms with Gasteiger partial charge in [0.25, 0.3) is 6.29 Å². The largest absolute Gasteiger partial charge is 0.477 e. The van der Waals surface area contributed by atoms with E-state index >= 15 is 0 Å². The molecule has 83 heavy (non-hydrogen) atoms. The van der Waals surface area contributed by atoms with Gasteiger partial charge >= 0.3 is 17.9 Å². The molecule has 1 N–H and O–H groups in total. The minimum absolute atomic E-state index is 0.174. The number of hydrogen-bond acceptors (Lipinski definition) is 7. The summed E-state index contributed by atoms with van der Waals surface area (Å²) in [5.41, 5.74) is 0. The van der Waals surface area contributed by atoms with Crippen molar-refractivity contribution in [3.63, 3.8) is 0 Å². The Labute approximate surface area is 509 Å². The number of esters is 2. The van der Waals surface area contributed by atoms with E-state index < -0.39 is 24.3 Å². The molecule has 0 radical (unpaired) electrons. The quantitative estimate of drug-likeness (QED) is 0.0211. The van der Waals surface area contributed by atoms with Crippen LogP contribution >= 0.6 is 0 Å². The maximum atomic E-state index is 12.9. The number of carboxylic acids is 1. The summed E-state index contributed by atoms with van der Waals surface area (Å²) in [5.74, 6) is -2.06. The molecule has 9 heteroatoms. The first-order chi connectivity index (χ1) is 40.6. The summed E-state index contributed by atoms with van der Waals surface area (Å²) < 4.78 is 22.9. The van der Waals surface area contributed by atoms with Crippen LogP contribution in [0.15, 0.2) is 146 Å². The van der Waals surface area contributed by atoms with Crippen LogP contribution in [0.25, 0.3) is 0 Å². The standard InChI is InChI=1S/C74H121NO8/c1-6-8-10-12-14-16-18-20-22-24-26-28-30-32-33-34-35-36-37-38-39-41-42-44-46-48-50-52-54-56-58-60-62-64-71(76)81-68-70(69-82-74(73(78)79)80-67-66-75(3,4)5)83-72(77)65-63-61-59-57-55-53-51-49-47-45-43-40-31-29-27-25-23-21-19-17-15-13-11-9-7-2/h8-11,14-17,20-23,26-29,32-33,40,43,47,49,53,55,70,74H,6-7,12-13,18-19,24-25,30-31,34-39,41-42,44-46,48,50-52,54,56-69H2,1-5H3/p+1/b10-8-,11-9-,16-14-,17-15-,22-20-,23-21-,28-26-,29-27-,33-32-,43-40-,49-47-,55-53-. The highest BCUT2D eigenvalue weighted by atomic mass is 16.7. The molecule has 0 aliphatic rings. The SMILES string of the molecule is CC/C=C\C/C=C\C/C=C\C/C=C\C/C=C\C/C=C\C/C=C\CCCCCC(=O)OC(COC(=O)CCCCCCCCCCCCCCCCCCC/C=C\C/C=C\C/C=C\C/C=C\C/C=C\CC)COC(OCC[N+](C)(C)C)C(=O)O. The predicted molar refractivity (Wildman–Crippen MR) is 354 cm³/mol. The summed E-state index contributed by atoms with van der Waals surface area (Å²) in [6, 6.07) is 0. The van der Waals surface area contributed by atoms with Crippen molar-refractivity contribution in [2.24, 2.45) is 0 Å². The molecule has 0 aromatic carbocycles. The van der Waals surface area contributed by atoms with E-state index in [9.17, 15) is 19.5 Å². The van der Waals surface area contributed by atoms with Crippen LogP contribution in [0.2, 0.25) is 0 Å². The number of hydrogen-bond donors (Lipinski definition) is 1. The first kappa shape index (κ1) is 78.2. The molecule has 0 aliphatic carbocycles. The zero-order valence-electron chi connectivity index (χ0n) is 53.5. The van der Waals surface area contributed by atoms with Crippen molar-refractivity contribution in [1.82, 2.24) is 0 Å². The topological polar surface area (TPSA) is 108 Å². The van der Waals surface area contributed by atoms with Crippen molar-refractivity contribution in [3.8, 4) is 0 Å². The van der Waals surface area contributed by atoms with Crippen molar-refractivity contribution in [3.05, 3.63) is 146 Å². The third kappa shape index (κ3) is 64.6. The molecule has 0 heterocycles. The Kier molecular flexibility index (Phi) is 59.5. The molecule has 2 unspecified atom stereocenters. The zero-order valence-corrected chi connectivity index (χ0v) is 53.5. The number of allylic oxidation sites excluding steroid dienone is 24. The molecule has 9 nitrogen and oxygen atoms in total. The van der Waals surface area contributed by atoms with Crippen LogP contribution in [0.3, 0.4) is 0 Å². The molecule has 0 saturated carbocycles. The third-order valence-corrected chi connectivity index (χ3v) is 13.6.